The standard InChI is InChI=1S/C15H24BrN/c1-5-11(2)9-12(3)17-13(4)14-7-6-8-15(16)10-14/h6-8,10-13,17H,5,9H2,1-4H3. The van der Waals surface area contributed by atoms with Gasteiger partial charge in [0.2, 0.25) is 0 Å². The maximum atomic E-state index is 3.67. The van der Waals surface area contributed by atoms with Crippen LogP contribution in [0.25, 0.3) is 0 Å². The van der Waals surface area contributed by atoms with Crippen molar-refractivity contribution < 1.29 is 0 Å². The number of rotatable bonds is 6. The van der Waals surface area contributed by atoms with Crippen LogP contribution in [0.5, 0.6) is 0 Å². The number of halogens is 1. The molecule has 1 rings (SSSR count). The van der Waals surface area contributed by atoms with Crippen LogP contribution in [0.15, 0.2) is 28.7 Å². The molecule has 0 aliphatic heterocycles. The summed E-state index contributed by atoms with van der Waals surface area (Å²) in [7, 11) is 0. The van der Waals surface area contributed by atoms with Crippen molar-refractivity contribution in [1.29, 1.82) is 0 Å². The highest BCUT2D eigenvalue weighted by Crippen LogP contribution is 2.19. The molecule has 2 heteroatoms. The summed E-state index contributed by atoms with van der Waals surface area (Å²) >= 11 is 3.52. The van der Waals surface area contributed by atoms with Crippen molar-refractivity contribution >= 4 is 15.9 Å². The molecule has 0 spiro atoms. The van der Waals surface area contributed by atoms with E-state index in [4.69, 9.17) is 0 Å². The zero-order valence-corrected chi connectivity index (χ0v) is 12.9. The molecule has 0 saturated heterocycles. The van der Waals surface area contributed by atoms with Gasteiger partial charge in [0.1, 0.15) is 0 Å². The third kappa shape index (κ3) is 5.22. The second-order valence-corrected chi connectivity index (χ2v) is 6.01. The number of hydrogen-bond acceptors (Lipinski definition) is 1. The second kappa shape index (κ2) is 7.17. The van der Waals surface area contributed by atoms with Gasteiger partial charge in [-0.2, -0.15) is 0 Å². The molecule has 1 aromatic rings. The first kappa shape index (κ1) is 14.7. The topological polar surface area (TPSA) is 12.0 Å². The number of nitrogens with one attached hydrogen (secondary N) is 1. The van der Waals surface area contributed by atoms with E-state index in [1.54, 1.807) is 0 Å². The van der Waals surface area contributed by atoms with Crippen LogP contribution in [-0.4, -0.2) is 6.04 Å². The number of hydrogen-bond donors (Lipinski definition) is 1. The molecule has 0 saturated carbocycles. The molecule has 3 atom stereocenters. The summed E-state index contributed by atoms with van der Waals surface area (Å²) in [6.07, 6.45) is 2.51. The molecule has 17 heavy (non-hydrogen) atoms. The molecule has 0 aliphatic rings. The predicted molar refractivity (Wildman–Crippen MR) is 79.2 cm³/mol. The lowest BCUT2D eigenvalue weighted by Gasteiger charge is -2.22. The Labute approximate surface area is 114 Å². The minimum Gasteiger partial charge on any atom is -0.308 e. The molecule has 0 bridgehead atoms. The van der Waals surface area contributed by atoms with Gasteiger partial charge in [0.15, 0.2) is 0 Å². The zero-order chi connectivity index (χ0) is 12.8. The fourth-order valence-corrected chi connectivity index (χ4v) is 2.55. The monoisotopic (exact) mass is 297 g/mol. The van der Waals surface area contributed by atoms with E-state index in [9.17, 15) is 0 Å². The van der Waals surface area contributed by atoms with Gasteiger partial charge < -0.3 is 5.32 Å². The van der Waals surface area contributed by atoms with E-state index in [0.717, 1.165) is 10.4 Å². The van der Waals surface area contributed by atoms with Crippen LogP contribution >= 0.6 is 15.9 Å². The summed E-state index contributed by atoms with van der Waals surface area (Å²) in [5, 5.41) is 3.67. The van der Waals surface area contributed by atoms with Crippen LogP contribution < -0.4 is 5.32 Å². The van der Waals surface area contributed by atoms with Gasteiger partial charge in [-0.3, -0.25) is 0 Å². The Balaban J connectivity index is 2.51. The average molecular weight is 298 g/mol. The van der Waals surface area contributed by atoms with Crippen LogP contribution in [0, 0.1) is 5.92 Å². The fourth-order valence-electron chi connectivity index (χ4n) is 2.14. The van der Waals surface area contributed by atoms with Gasteiger partial charge in [-0.05, 0) is 43.9 Å². The number of benzene rings is 1. The molecule has 3 unspecified atom stereocenters. The Kier molecular flexibility index (Phi) is 6.21. The summed E-state index contributed by atoms with van der Waals surface area (Å²) in [6, 6.07) is 9.51. The van der Waals surface area contributed by atoms with E-state index in [1.165, 1.54) is 18.4 Å². The third-order valence-corrected chi connectivity index (χ3v) is 3.83. The highest BCUT2D eigenvalue weighted by atomic mass is 79.9. The lowest BCUT2D eigenvalue weighted by Crippen LogP contribution is -2.30. The zero-order valence-electron chi connectivity index (χ0n) is 11.3. The fraction of sp³-hybridized carbons (Fsp3) is 0.600. The van der Waals surface area contributed by atoms with Crippen LogP contribution in [-0.2, 0) is 0 Å². The van der Waals surface area contributed by atoms with Crippen molar-refractivity contribution in [2.75, 3.05) is 0 Å². The molecule has 0 aliphatic carbocycles. The van der Waals surface area contributed by atoms with Crippen molar-refractivity contribution in [3.8, 4) is 0 Å². The minimum absolute atomic E-state index is 0.409. The Morgan fingerprint density at radius 2 is 1.94 bits per heavy atom. The van der Waals surface area contributed by atoms with Gasteiger partial charge in [0, 0.05) is 16.6 Å². The first-order valence-corrected chi connectivity index (χ1v) is 7.33. The molecule has 0 fully saturated rings. The van der Waals surface area contributed by atoms with Crippen molar-refractivity contribution in [2.24, 2.45) is 5.92 Å². The molecule has 0 amide bonds. The average Bonchev–Trinajstić information content (AvgIpc) is 2.28. The van der Waals surface area contributed by atoms with Gasteiger partial charge in [-0.25, -0.2) is 0 Å². The van der Waals surface area contributed by atoms with E-state index in [0.29, 0.717) is 12.1 Å². The van der Waals surface area contributed by atoms with Gasteiger partial charge in [0.25, 0.3) is 0 Å². The van der Waals surface area contributed by atoms with Crippen LogP contribution in [0.3, 0.4) is 0 Å². The molecular formula is C15H24BrN. The lowest BCUT2D eigenvalue weighted by molar-refractivity contribution is 0.385. The smallest absolute Gasteiger partial charge is 0.0294 e. The molecule has 0 aromatic heterocycles. The normalized spacial score (nSPS) is 16.5. The lowest BCUT2D eigenvalue weighted by atomic mass is 9.99. The predicted octanol–water partition coefficient (Wildman–Crippen LogP) is 4.92. The van der Waals surface area contributed by atoms with E-state index in [1.807, 2.05) is 0 Å². The van der Waals surface area contributed by atoms with Crippen molar-refractivity contribution in [3.05, 3.63) is 34.3 Å². The van der Waals surface area contributed by atoms with Gasteiger partial charge in [-0.15, -0.1) is 0 Å². The van der Waals surface area contributed by atoms with Crippen molar-refractivity contribution in [1.82, 2.24) is 5.32 Å². The van der Waals surface area contributed by atoms with E-state index >= 15 is 0 Å². The molecule has 96 valence electrons. The summed E-state index contributed by atoms with van der Waals surface area (Å²) in [5.74, 6) is 0.798. The van der Waals surface area contributed by atoms with E-state index in [2.05, 4.69) is 73.2 Å². The first-order valence-electron chi connectivity index (χ1n) is 6.54. The SMILES string of the molecule is CCC(C)CC(C)NC(C)c1cccc(Br)c1. The van der Waals surface area contributed by atoms with E-state index < -0.39 is 0 Å². The molecule has 1 nitrogen and oxygen atoms in total. The van der Waals surface area contributed by atoms with Crippen LogP contribution in [0.2, 0.25) is 0 Å². The van der Waals surface area contributed by atoms with Gasteiger partial charge in [-0.1, -0.05) is 48.3 Å². The van der Waals surface area contributed by atoms with Gasteiger partial charge >= 0.3 is 0 Å². The second-order valence-electron chi connectivity index (χ2n) is 5.09. The third-order valence-electron chi connectivity index (χ3n) is 3.34. The van der Waals surface area contributed by atoms with Crippen LogP contribution in [0.1, 0.15) is 52.1 Å². The molecule has 1 aromatic carbocycles. The Morgan fingerprint density at radius 1 is 1.24 bits per heavy atom. The van der Waals surface area contributed by atoms with Gasteiger partial charge in [0.05, 0.1) is 0 Å². The maximum absolute atomic E-state index is 3.67. The Morgan fingerprint density at radius 3 is 2.53 bits per heavy atom. The Bertz CT molecular complexity index is 337. The summed E-state index contributed by atoms with van der Waals surface area (Å²) in [6.45, 7) is 9.09. The molecule has 1 N–H and O–H groups in total. The Hall–Kier alpha value is -0.340. The van der Waals surface area contributed by atoms with E-state index in [-0.39, 0.29) is 0 Å². The van der Waals surface area contributed by atoms with Crippen molar-refractivity contribution in [2.45, 2.75) is 52.6 Å². The first-order chi connectivity index (χ1) is 8.02. The van der Waals surface area contributed by atoms with Crippen molar-refractivity contribution in [3.63, 3.8) is 0 Å². The highest BCUT2D eigenvalue weighted by molar-refractivity contribution is 9.10. The molecule has 0 radical (unpaired) electrons. The quantitative estimate of drug-likeness (QED) is 0.785. The summed E-state index contributed by atoms with van der Waals surface area (Å²) in [4.78, 5) is 0. The molecule has 0 heterocycles. The summed E-state index contributed by atoms with van der Waals surface area (Å²) < 4.78 is 1.15. The largest absolute Gasteiger partial charge is 0.308 e. The minimum atomic E-state index is 0.409. The highest BCUT2D eigenvalue weighted by Gasteiger charge is 2.11. The maximum Gasteiger partial charge on any atom is 0.0294 e. The van der Waals surface area contributed by atoms with Crippen LogP contribution in [0.4, 0.5) is 0 Å². The summed E-state index contributed by atoms with van der Waals surface area (Å²) in [5.41, 5.74) is 1.34. The molecular weight excluding hydrogens is 274 g/mol.